The third-order valence-corrected chi connectivity index (χ3v) is 3.91. The number of hydrogen-bond donors (Lipinski definition) is 2. The number of anilines is 1. The standard InChI is InChI=1S/C19H15ClFN3O/c20-15-8-3-1-6-13(15)12-22-19(25)24-18-11-5-10-17(23-18)14-7-2-4-9-16(14)21/h1-11H,12H2,(H2,22,23,24,25). The molecule has 0 bridgehead atoms. The topological polar surface area (TPSA) is 54.0 Å². The normalized spacial score (nSPS) is 10.3. The van der Waals surface area contributed by atoms with Crippen LogP contribution < -0.4 is 10.6 Å². The van der Waals surface area contributed by atoms with E-state index >= 15 is 0 Å². The van der Waals surface area contributed by atoms with Gasteiger partial charge in [0.2, 0.25) is 0 Å². The first-order valence-electron chi connectivity index (χ1n) is 7.64. The number of pyridine rings is 1. The Morgan fingerprint density at radius 1 is 1.00 bits per heavy atom. The summed E-state index contributed by atoms with van der Waals surface area (Å²) >= 11 is 6.05. The highest BCUT2D eigenvalue weighted by atomic mass is 35.5. The van der Waals surface area contributed by atoms with E-state index in [0.717, 1.165) is 5.56 Å². The van der Waals surface area contributed by atoms with Crippen molar-refractivity contribution in [3.05, 3.63) is 83.1 Å². The largest absolute Gasteiger partial charge is 0.334 e. The van der Waals surface area contributed by atoms with Crippen molar-refractivity contribution in [3.63, 3.8) is 0 Å². The molecule has 0 aliphatic heterocycles. The molecule has 2 amide bonds. The Kier molecular flexibility index (Phi) is 5.26. The molecule has 0 saturated carbocycles. The lowest BCUT2D eigenvalue weighted by atomic mass is 10.1. The summed E-state index contributed by atoms with van der Waals surface area (Å²) in [6.45, 7) is 0.290. The van der Waals surface area contributed by atoms with Crippen LogP contribution in [0.3, 0.4) is 0 Å². The first-order valence-corrected chi connectivity index (χ1v) is 8.01. The van der Waals surface area contributed by atoms with Gasteiger partial charge in [-0.15, -0.1) is 0 Å². The van der Waals surface area contributed by atoms with Crippen molar-refractivity contribution in [1.29, 1.82) is 0 Å². The molecule has 0 aliphatic rings. The Morgan fingerprint density at radius 2 is 1.76 bits per heavy atom. The minimum absolute atomic E-state index is 0.290. The van der Waals surface area contributed by atoms with Crippen LogP contribution in [0.2, 0.25) is 5.02 Å². The summed E-state index contributed by atoms with van der Waals surface area (Å²) in [5.41, 5.74) is 1.64. The fourth-order valence-corrected chi connectivity index (χ4v) is 2.50. The zero-order valence-corrected chi connectivity index (χ0v) is 13.9. The molecule has 0 fully saturated rings. The van der Waals surface area contributed by atoms with E-state index in [-0.39, 0.29) is 5.82 Å². The van der Waals surface area contributed by atoms with Gasteiger partial charge in [0.05, 0.1) is 5.69 Å². The molecule has 0 saturated heterocycles. The summed E-state index contributed by atoms with van der Waals surface area (Å²) < 4.78 is 13.9. The zero-order valence-electron chi connectivity index (χ0n) is 13.2. The molecule has 4 nitrogen and oxygen atoms in total. The van der Waals surface area contributed by atoms with Gasteiger partial charge in [0.15, 0.2) is 0 Å². The molecule has 1 heterocycles. The fraction of sp³-hybridized carbons (Fsp3) is 0.0526. The molecular formula is C19H15ClFN3O. The first-order chi connectivity index (χ1) is 12.1. The number of urea groups is 1. The average Bonchev–Trinajstić information content (AvgIpc) is 2.62. The number of amides is 2. The highest BCUT2D eigenvalue weighted by Gasteiger charge is 2.08. The van der Waals surface area contributed by atoms with Gasteiger partial charge in [-0.25, -0.2) is 14.2 Å². The van der Waals surface area contributed by atoms with Gasteiger partial charge in [0.25, 0.3) is 0 Å². The maximum absolute atomic E-state index is 13.9. The van der Waals surface area contributed by atoms with Gasteiger partial charge in [-0.2, -0.15) is 0 Å². The molecule has 2 aromatic carbocycles. The lowest BCUT2D eigenvalue weighted by Gasteiger charge is -2.09. The Balaban J connectivity index is 1.67. The van der Waals surface area contributed by atoms with Gasteiger partial charge < -0.3 is 5.32 Å². The predicted octanol–water partition coefficient (Wildman–Crippen LogP) is 4.86. The summed E-state index contributed by atoms with van der Waals surface area (Å²) in [6, 6.07) is 18.2. The van der Waals surface area contributed by atoms with Crippen molar-refractivity contribution in [2.45, 2.75) is 6.54 Å². The Hall–Kier alpha value is -2.92. The number of nitrogens with one attached hydrogen (secondary N) is 2. The molecule has 3 rings (SSSR count). The number of nitrogens with zero attached hydrogens (tertiary/aromatic N) is 1. The molecule has 3 aromatic rings. The average molecular weight is 356 g/mol. The molecule has 25 heavy (non-hydrogen) atoms. The summed E-state index contributed by atoms with van der Waals surface area (Å²) in [6.07, 6.45) is 0. The molecular weight excluding hydrogens is 341 g/mol. The second kappa shape index (κ2) is 7.77. The number of hydrogen-bond acceptors (Lipinski definition) is 2. The van der Waals surface area contributed by atoms with E-state index in [4.69, 9.17) is 11.6 Å². The molecule has 1 aromatic heterocycles. The van der Waals surface area contributed by atoms with Crippen molar-refractivity contribution in [2.75, 3.05) is 5.32 Å². The number of carbonyl (C=O) groups excluding carboxylic acids is 1. The van der Waals surface area contributed by atoms with E-state index < -0.39 is 6.03 Å². The minimum Gasteiger partial charge on any atom is -0.334 e. The van der Waals surface area contributed by atoms with Crippen LogP contribution in [0.15, 0.2) is 66.7 Å². The van der Waals surface area contributed by atoms with Gasteiger partial charge in [0.1, 0.15) is 11.6 Å². The second-order valence-electron chi connectivity index (χ2n) is 5.29. The van der Waals surface area contributed by atoms with E-state index in [0.29, 0.717) is 28.6 Å². The number of aromatic nitrogens is 1. The van der Waals surface area contributed by atoms with E-state index in [9.17, 15) is 9.18 Å². The van der Waals surface area contributed by atoms with E-state index in [1.165, 1.54) is 6.07 Å². The summed E-state index contributed by atoms with van der Waals surface area (Å²) in [7, 11) is 0. The van der Waals surface area contributed by atoms with Crippen LogP contribution in [0.1, 0.15) is 5.56 Å². The van der Waals surface area contributed by atoms with Gasteiger partial charge >= 0.3 is 6.03 Å². The Labute approximate surface area is 149 Å². The fourth-order valence-electron chi connectivity index (χ4n) is 2.30. The van der Waals surface area contributed by atoms with Crippen LogP contribution >= 0.6 is 11.6 Å². The van der Waals surface area contributed by atoms with Crippen molar-refractivity contribution in [1.82, 2.24) is 10.3 Å². The van der Waals surface area contributed by atoms with E-state index in [1.807, 2.05) is 18.2 Å². The van der Waals surface area contributed by atoms with E-state index in [2.05, 4.69) is 15.6 Å². The SMILES string of the molecule is O=C(NCc1ccccc1Cl)Nc1cccc(-c2ccccc2F)n1. The number of benzene rings is 2. The van der Waals surface area contributed by atoms with Crippen LogP contribution in [0.4, 0.5) is 15.0 Å². The predicted molar refractivity (Wildman–Crippen MR) is 96.9 cm³/mol. The number of rotatable bonds is 4. The Morgan fingerprint density at radius 3 is 2.56 bits per heavy atom. The third-order valence-electron chi connectivity index (χ3n) is 3.54. The second-order valence-corrected chi connectivity index (χ2v) is 5.69. The maximum atomic E-state index is 13.9. The first kappa shape index (κ1) is 16.9. The van der Waals surface area contributed by atoms with Crippen molar-refractivity contribution in [3.8, 4) is 11.3 Å². The highest BCUT2D eigenvalue weighted by molar-refractivity contribution is 6.31. The van der Waals surface area contributed by atoms with Crippen LogP contribution in [-0.4, -0.2) is 11.0 Å². The monoisotopic (exact) mass is 355 g/mol. The molecule has 0 aliphatic carbocycles. The van der Waals surface area contributed by atoms with Crippen LogP contribution in [0.25, 0.3) is 11.3 Å². The quantitative estimate of drug-likeness (QED) is 0.702. The molecule has 0 radical (unpaired) electrons. The minimum atomic E-state index is -0.418. The lowest BCUT2D eigenvalue weighted by Crippen LogP contribution is -2.28. The maximum Gasteiger partial charge on any atom is 0.320 e. The lowest BCUT2D eigenvalue weighted by molar-refractivity contribution is 0.251. The third kappa shape index (κ3) is 4.33. The smallest absolute Gasteiger partial charge is 0.320 e. The summed E-state index contributed by atoms with van der Waals surface area (Å²) in [5.74, 6) is -0.0345. The molecule has 0 atom stereocenters. The van der Waals surface area contributed by atoms with Crippen LogP contribution in [-0.2, 0) is 6.54 Å². The molecule has 0 spiro atoms. The van der Waals surface area contributed by atoms with Crippen LogP contribution in [0, 0.1) is 5.82 Å². The zero-order chi connectivity index (χ0) is 17.6. The number of carbonyl (C=O) groups is 1. The molecule has 2 N–H and O–H groups in total. The van der Waals surface area contributed by atoms with Crippen molar-refractivity contribution >= 4 is 23.4 Å². The Bertz CT molecular complexity index is 901. The van der Waals surface area contributed by atoms with Gasteiger partial charge in [0, 0.05) is 17.1 Å². The van der Waals surface area contributed by atoms with Gasteiger partial charge in [-0.1, -0.05) is 48.0 Å². The molecule has 0 unspecified atom stereocenters. The molecule has 6 heteroatoms. The molecule has 126 valence electrons. The number of halogens is 2. The van der Waals surface area contributed by atoms with Gasteiger partial charge in [-0.05, 0) is 35.9 Å². The summed E-state index contributed by atoms with van der Waals surface area (Å²) in [5, 5.41) is 5.93. The van der Waals surface area contributed by atoms with Crippen molar-refractivity contribution < 1.29 is 9.18 Å². The van der Waals surface area contributed by atoms with Gasteiger partial charge in [-0.3, -0.25) is 5.32 Å². The van der Waals surface area contributed by atoms with E-state index in [1.54, 1.807) is 42.5 Å². The van der Waals surface area contributed by atoms with Crippen molar-refractivity contribution in [2.24, 2.45) is 0 Å². The summed E-state index contributed by atoms with van der Waals surface area (Å²) in [4.78, 5) is 16.3. The highest BCUT2D eigenvalue weighted by Crippen LogP contribution is 2.21. The van der Waals surface area contributed by atoms with Crippen LogP contribution in [0.5, 0.6) is 0 Å².